The molecule has 1 unspecified atom stereocenters. The lowest BCUT2D eigenvalue weighted by Crippen LogP contribution is -2.37. The molecule has 8 heteroatoms. The first-order valence-electron chi connectivity index (χ1n) is 11.7. The van der Waals surface area contributed by atoms with Crippen molar-refractivity contribution in [3.05, 3.63) is 54.8 Å². The van der Waals surface area contributed by atoms with Gasteiger partial charge in [-0.2, -0.15) is 0 Å². The van der Waals surface area contributed by atoms with Gasteiger partial charge in [-0.15, -0.1) is 11.8 Å². The maximum absolute atomic E-state index is 13.8. The summed E-state index contributed by atoms with van der Waals surface area (Å²) in [5, 5.41) is 8.92. The van der Waals surface area contributed by atoms with Crippen LogP contribution in [-0.4, -0.2) is 37.5 Å². The highest BCUT2D eigenvalue weighted by Crippen LogP contribution is 2.47. The van der Waals surface area contributed by atoms with Crippen molar-refractivity contribution >= 4 is 38.9 Å². The van der Waals surface area contributed by atoms with Gasteiger partial charge in [-0.1, -0.05) is 51.8 Å². The largest absolute Gasteiger partial charge is 0.478 e. The molecule has 3 rings (SSSR count). The number of carboxylic acids is 1. The molecule has 1 atom stereocenters. The second kappa shape index (κ2) is 11.3. The molecule has 0 spiro atoms. The molecule has 1 heterocycles. The lowest BCUT2D eigenvalue weighted by Gasteiger charge is -2.36. The first-order valence-corrected chi connectivity index (χ1v) is 14.3. The van der Waals surface area contributed by atoms with Crippen LogP contribution in [0.15, 0.2) is 64.6 Å². The Bertz CT molecular complexity index is 1130. The van der Waals surface area contributed by atoms with Crippen LogP contribution in [0, 0.1) is 5.41 Å². The Balaban J connectivity index is 2.24. The van der Waals surface area contributed by atoms with Crippen LogP contribution in [0.4, 0.5) is 11.4 Å². The van der Waals surface area contributed by atoms with Gasteiger partial charge in [0.25, 0.3) is 0 Å². The second-order valence-corrected chi connectivity index (χ2v) is 11.9. The normalized spacial score (nSPS) is 19.6. The van der Waals surface area contributed by atoms with E-state index in [0.717, 1.165) is 54.4 Å². The number of unbranched alkanes of at least 4 members (excludes halogenated alkanes) is 1. The minimum absolute atomic E-state index is 0.0670. The van der Waals surface area contributed by atoms with Crippen LogP contribution in [-0.2, 0) is 14.6 Å². The van der Waals surface area contributed by atoms with Crippen molar-refractivity contribution in [2.45, 2.75) is 56.2 Å². The third-order valence-corrected chi connectivity index (χ3v) is 9.13. The highest BCUT2D eigenvalue weighted by atomic mass is 32.2. The number of rotatable bonds is 10. The van der Waals surface area contributed by atoms with Gasteiger partial charge in [0.1, 0.15) is 5.75 Å². The fourth-order valence-electron chi connectivity index (χ4n) is 4.40. The molecule has 0 saturated carbocycles. The zero-order valence-electron chi connectivity index (χ0n) is 20.0. The topological polar surface area (TPSA) is 83.9 Å². The SMILES string of the molecule is CCCCC1(CC)CN(c2ccccc2)c2cc(SCC)c(O/C=C/C(=O)O)cc2S(=O)(=O)C1. The van der Waals surface area contributed by atoms with Gasteiger partial charge in [0.15, 0.2) is 9.84 Å². The molecular formula is C26H33NO5S2. The third kappa shape index (κ3) is 5.96. The molecule has 0 fully saturated rings. The summed E-state index contributed by atoms with van der Waals surface area (Å²) in [6.07, 6.45) is 5.53. The number of aliphatic carboxylic acids is 1. The Kier molecular flexibility index (Phi) is 8.71. The minimum atomic E-state index is -3.64. The van der Waals surface area contributed by atoms with E-state index in [4.69, 9.17) is 9.84 Å². The van der Waals surface area contributed by atoms with Gasteiger partial charge in [-0.25, -0.2) is 13.2 Å². The van der Waals surface area contributed by atoms with E-state index >= 15 is 0 Å². The van der Waals surface area contributed by atoms with E-state index in [1.807, 2.05) is 43.3 Å². The van der Waals surface area contributed by atoms with Gasteiger partial charge in [-0.3, -0.25) is 0 Å². The number of carboxylic acid groups (broad SMARTS) is 1. The van der Waals surface area contributed by atoms with Gasteiger partial charge in [0.2, 0.25) is 0 Å². The fraction of sp³-hybridized carbons (Fsp3) is 0.423. The van der Waals surface area contributed by atoms with Gasteiger partial charge in [0.05, 0.1) is 33.6 Å². The molecule has 1 N–H and O–H groups in total. The number of ether oxygens (including phenoxy) is 1. The molecule has 0 saturated heterocycles. The first kappa shape index (κ1) is 26.2. The Morgan fingerprint density at radius 1 is 1.21 bits per heavy atom. The highest BCUT2D eigenvalue weighted by molar-refractivity contribution is 7.99. The molecule has 0 aromatic heterocycles. The summed E-state index contributed by atoms with van der Waals surface area (Å²) >= 11 is 1.53. The van der Waals surface area contributed by atoms with E-state index in [2.05, 4.69) is 18.7 Å². The average Bonchev–Trinajstić information content (AvgIpc) is 2.91. The summed E-state index contributed by atoms with van der Waals surface area (Å²) in [6, 6.07) is 13.3. The molecule has 2 aromatic rings. The summed E-state index contributed by atoms with van der Waals surface area (Å²) in [5.41, 5.74) is 1.21. The van der Waals surface area contributed by atoms with Crippen LogP contribution < -0.4 is 9.64 Å². The number of para-hydroxylation sites is 1. The Morgan fingerprint density at radius 2 is 1.94 bits per heavy atom. The van der Waals surface area contributed by atoms with Crippen molar-refractivity contribution in [1.82, 2.24) is 0 Å². The van der Waals surface area contributed by atoms with Gasteiger partial charge < -0.3 is 14.7 Å². The molecule has 184 valence electrons. The molecular weight excluding hydrogens is 470 g/mol. The summed E-state index contributed by atoms with van der Waals surface area (Å²) in [7, 11) is -3.64. The number of anilines is 2. The third-order valence-electron chi connectivity index (χ3n) is 6.22. The van der Waals surface area contributed by atoms with Crippen molar-refractivity contribution in [1.29, 1.82) is 0 Å². The molecule has 0 aliphatic carbocycles. The quantitative estimate of drug-likeness (QED) is 0.232. The summed E-state index contributed by atoms with van der Waals surface area (Å²) in [6.45, 7) is 6.82. The van der Waals surface area contributed by atoms with Crippen LogP contribution in [0.2, 0.25) is 0 Å². The average molecular weight is 504 g/mol. The lowest BCUT2D eigenvalue weighted by molar-refractivity contribution is -0.131. The Hall–Kier alpha value is -2.45. The number of fused-ring (bicyclic) bond motifs is 1. The van der Waals surface area contributed by atoms with Gasteiger partial charge in [0, 0.05) is 23.7 Å². The Labute approximate surface area is 206 Å². The van der Waals surface area contributed by atoms with Crippen molar-refractivity contribution in [2.24, 2.45) is 5.41 Å². The molecule has 1 aliphatic rings. The molecule has 2 aromatic carbocycles. The number of hydrogen-bond acceptors (Lipinski definition) is 6. The zero-order valence-corrected chi connectivity index (χ0v) is 21.6. The Morgan fingerprint density at radius 3 is 2.56 bits per heavy atom. The number of carbonyl (C=O) groups is 1. The van der Waals surface area contributed by atoms with Crippen LogP contribution in [0.1, 0.15) is 46.5 Å². The van der Waals surface area contributed by atoms with Crippen LogP contribution in [0.3, 0.4) is 0 Å². The first-order chi connectivity index (χ1) is 16.2. The van der Waals surface area contributed by atoms with E-state index < -0.39 is 15.8 Å². The smallest absolute Gasteiger partial charge is 0.331 e. The van der Waals surface area contributed by atoms with Crippen molar-refractivity contribution in [3.8, 4) is 5.75 Å². The minimum Gasteiger partial charge on any atom is -0.478 e. The van der Waals surface area contributed by atoms with E-state index in [0.29, 0.717) is 18.0 Å². The lowest BCUT2D eigenvalue weighted by atomic mass is 9.81. The molecule has 1 aliphatic heterocycles. The standard InChI is InChI=1S/C26H33NO5S2/c1-4-7-14-26(5-2)18-27(20-11-9-8-10-12-20)21-16-23(33-6-3)22(32-15-13-25(28)29)17-24(21)34(30,31)19-26/h8-13,15-17H,4-7,14,18-19H2,1-3H3,(H,28,29)/b15-13+. The number of sulfone groups is 1. The maximum Gasteiger partial charge on any atom is 0.331 e. The molecule has 0 bridgehead atoms. The summed E-state index contributed by atoms with van der Waals surface area (Å²) < 4.78 is 33.2. The van der Waals surface area contributed by atoms with E-state index in [9.17, 15) is 13.2 Å². The van der Waals surface area contributed by atoms with Crippen molar-refractivity contribution < 1.29 is 23.1 Å². The monoisotopic (exact) mass is 503 g/mol. The van der Waals surface area contributed by atoms with Gasteiger partial charge in [-0.05, 0) is 36.8 Å². The van der Waals surface area contributed by atoms with Gasteiger partial charge >= 0.3 is 5.97 Å². The van der Waals surface area contributed by atoms with E-state index in [1.165, 1.54) is 11.8 Å². The molecule has 0 amide bonds. The summed E-state index contributed by atoms with van der Waals surface area (Å²) in [4.78, 5) is 14.0. The second-order valence-electron chi connectivity index (χ2n) is 8.60. The van der Waals surface area contributed by atoms with Crippen LogP contribution in [0.25, 0.3) is 0 Å². The number of hydrogen-bond donors (Lipinski definition) is 1. The molecule has 6 nitrogen and oxygen atoms in total. The fourth-order valence-corrected chi connectivity index (χ4v) is 7.33. The molecule has 0 radical (unpaired) electrons. The van der Waals surface area contributed by atoms with Crippen LogP contribution >= 0.6 is 11.8 Å². The number of benzene rings is 2. The van der Waals surface area contributed by atoms with Crippen molar-refractivity contribution in [2.75, 3.05) is 23.0 Å². The number of nitrogens with zero attached hydrogens (tertiary/aromatic N) is 1. The molecule has 34 heavy (non-hydrogen) atoms. The zero-order chi connectivity index (χ0) is 24.8. The summed E-state index contributed by atoms with van der Waals surface area (Å²) in [5.74, 6) is 0.0335. The van der Waals surface area contributed by atoms with Crippen LogP contribution in [0.5, 0.6) is 5.75 Å². The number of thioether (sulfide) groups is 1. The predicted octanol–water partition coefficient (Wildman–Crippen LogP) is 6.29. The van der Waals surface area contributed by atoms with E-state index in [-0.39, 0.29) is 16.1 Å². The maximum atomic E-state index is 13.8. The van der Waals surface area contributed by atoms with Crippen molar-refractivity contribution in [3.63, 3.8) is 0 Å². The van der Waals surface area contributed by atoms with E-state index in [1.54, 1.807) is 6.07 Å². The highest BCUT2D eigenvalue weighted by Gasteiger charge is 2.41. The predicted molar refractivity (Wildman–Crippen MR) is 138 cm³/mol.